The van der Waals surface area contributed by atoms with Crippen molar-refractivity contribution in [1.29, 1.82) is 0 Å². The zero-order chi connectivity index (χ0) is 18.4. The van der Waals surface area contributed by atoms with E-state index in [9.17, 15) is 4.79 Å². The summed E-state index contributed by atoms with van der Waals surface area (Å²) in [5.41, 5.74) is 2.00. The molecule has 1 fully saturated rings. The zero-order valence-electron chi connectivity index (χ0n) is 15.1. The molecule has 1 amide bonds. The number of nitrogens with zero attached hydrogens (tertiary/aromatic N) is 1. The van der Waals surface area contributed by atoms with E-state index >= 15 is 0 Å². The Balaban J connectivity index is 1.56. The Morgan fingerprint density at radius 1 is 1.19 bits per heavy atom. The summed E-state index contributed by atoms with van der Waals surface area (Å²) in [4.78, 5) is 16.0. The molecule has 0 spiro atoms. The first kappa shape index (κ1) is 19.3. The second-order valence-electron chi connectivity index (χ2n) is 6.76. The Morgan fingerprint density at radius 2 is 1.92 bits per heavy atom. The van der Waals surface area contributed by atoms with Gasteiger partial charge in [0.05, 0.1) is 0 Å². The van der Waals surface area contributed by atoms with Crippen LogP contribution < -0.4 is 5.32 Å². The first-order valence-electron chi connectivity index (χ1n) is 9.07. The summed E-state index contributed by atoms with van der Waals surface area (Å²) in [6.45, 7) is 2.70. The Morgan fingerprint density at radius 3 is 2.62 bits per heavy atom. The van der Waals surface area contributed by atoms with Gasteiger partial charge >= 0.3 is 0 Å². The minimum atomic E-state index is 0.155. The molecular weight excluding hydrogens is 364 g/mol. The number of hydrogen-bond acceptors (Lipinski definition) is 3. The van der Waals surface area contributed by atoms with Gasteiger partial charge in [0.2, 0.25) is 0 Å². The molecule has 1 saturated heterocycles. The monoisotopic (exact) mass is 388 g/mol. The molecule has 0 bridgehead atoms. The van der Waals surface area contributed by atoms with Gasteiger partial charge in [-0.15, -0.1) is 11.8 Å². The Bertz CT molecular complexity index is 716. The van der Waals surface area contributed by atoms with Crippen molar-refractivity contribution in [2.75, 3.05) is 26.7 Å². The maximum atomic E-state index is 12.8. The van der Waals surface area contributed by atoms with Gasteiger partial charge in [0, 0.05) is 34.3 Å². The number of benzene rings is 2. The summed E-state index contributed by atoms with van der Waals surface area (Å²) in [6.07, 6.45) is 2.29. The number of carbonyl (C=O) groups is 1. The van der Waals surface area contributed by atoms with E-state index in [0.717, 1.165) is 42.4 Å². The molecule has 0 aliphatic carbocycles. The third kappa shape index (κ3) is 5.26. The minimum absolute atomic E-state index is 0.155. The van der Waals surface area contributed by atoms with Gasteiger partial charge in [-0.05, 0) is 74.3 Å². The van der Waals surface area contributed by atoms with E-state index < -0.39 is 0 Å². The van der Waals surface area contributed by atoms with Crippen molar-refractivity contribution in [3.8, 4) is 0 Å². The number of carbonyl (C=O) groups excluding carboxylic acids is 1. The van der Waals surface area contributed by atoms with Crippen LogP contribution in [0.4, 0.5) is 0 Å². The van der Waals surface area contributed by atoms with Gasteiger partial charge in [0.1, 0.15) is 0 Å². The highest BCUT2D eigenvalue weighted by atomic mass is 35.5. The molecule has 1 aliphatic rings. The summed E-state index contributed by atoms with van der Waals surface area (Å²) in [7, 11) is 1.97. The Hall–Kier alpha value is -1.49. The van der Waals surface area contributed by atoms with Gasteiger partial charge in [-0.2, -0.15) is 0 Å². The van der Waals surface area contributed by atoms with Gasteiger partial charge in [0.15, 0.2) is 0 Å². The van der Waals surface area contributed by atoms with Gasteiger partial charge < -0.3 is 10.2 Å². The van der Waals surface area contributed by atoms with E-state index in [2.05, 4.69) is 17.4 Å². The lowest BCUT2D eigenvalue weighted by molar-refractivity contribution is 0.0674. The van der Waals surface area contributed by atoms with Crippen LogP contribution in [0.3, 0.4) is 0 Å². The van der Waals surface area contributed by atoms with Crippen LogP contribution in [0.5, 0.6) is 0 Å². The summed E-state index contributed by atoms with van der Waals surface area (Å²) in [5.74, 6) is 1.60. The second kappa shape index (κ2) is 9.45. The Kier molecular flexibility index (Phi) is 7.00. The van der Waals surface area contributed by atoms with Crippen LogP contribution in [0.1, 0.15) is 28.8 Å². The number of amides is 1. The lowest BCUT2D eigenvalue weighted by Gasteiger charge is -2.32. The second-order valence-corrected chi connectivity index (χ2v) is 8.24. The van der Waals surface area contributed by atoms with Crippen molar-refractivity contribution in [2.24, 2.45) is 5.92 Å². The van der Waals surface area contributed by atoms with Crippen LogP contribution in [0.15, 0.2) is 53.4 Å². The third-order valence-electron chi connectivity index (χ3n) is 4.72. The molecule has 0 aromatic heterocycles. The van der Waals surface area contributed by atoms with E-state index in [4.69, 9.17) is 11.6 Å². The van der Waals surface area contributed by atoms with E-state index in [1.54, 1.807) is 11.8 Å². The van der Waals surface area contributed by atoms with Crippen LogP contribution in [0.25, 0.3) is 0 Å². The summed E-state index contributed by atoms with van der Waals surface area (Å²) < 4.78 is 0. The molecule has 3 rings (SSSR count). The zero-order valence-corrected chi connectivity index (χ0v) is 16.7. The highest BCUT2D eigenvalue weighted by molar-refractivity contribution is 7.98. The topological polar surface area (TPSA) is 32.3 Å². The molecule has 5 heteroatoms. The van der Waals surface area contributed by atoms with E-state index in [1.165, 1.54) is 16.9 Å². The fourth-order valence-electron chi connectivity index (χ4n) is 3.33. The molecule has 1 aliphatic heterocycles. The summed E-state index contributed by atoms with van der Waals surface area (Å²) in [5, 5.41) is 3.98. The molecule has 1 heterocycles. The van der Waals surface area contributed by atoms with E-state index in [1.807, 2.05) is 48.3 Å². The largest absolute Gasteiger partial charge is 0.338 e. The standard InChI is InChI=1S/C21H25ClN2OS/c1-23-13-17-3-2-12-24(14-17)21(25)18-6-4-16(5-7-18)15-26-20-10-8-19(22)9-11-20/h4-11,17,23H,2-3,12-15H2,1H3. The molecule has 138 valence electrons. The van der Waals surface area contributed by atoms with E-state index in [0.29, 0.717) is 5.92 Å². The maximum absolute atomic E-state index is 12.8. The molecule has 1 N–H and O–H groups in total. The molecule has 1 atom stereocenters. The summed E-state index contributed by atoms with van der Waals surface area (Å²) in [6, 6.07) is 15.9. The number of nitrogens with one attached hydrogen (secondary N) is 1. The van der Waals surface area contributed by atoms with Crippen molar-refractivity contribution in [3.05, 3.63) is 64.7 Å². The maximum Gasteiger partial charge on any atom is 0.253 e. The lowest BCUT2D eigenvalue weighted by atomic mass is 9.97. The highest BCUT2D eigenvalue weighted by Gasteiger charge is 2.23. The van der Waals surface area contributed by atoms with Crippen LogP contribution in [-0.4, -0.2) is 37.5 Å². The Labute approximate surface area is 165 Å². The highest BCUT2D eigenvalue weighted by Crippen LogP contribution is 2.25. The van der Waals surface area contributed by atoms with Crippen LogP contribution >= 0.6 is 23.4 Å². The van der Waals surface area contributed by atoms with Gasteiger partial charge in [0.25, 0.3) is 5.91 Å². The average molecular weight is 389 g/mol. The normalized spacial score (nSPS) is 17.3. The average Bonchev–Trinajstić information content (AvgIpc) is 2.68. The molecule has 3 nitrogen and oxygen atoms in total. The minimum Gasteiger partial charge on any atom is -0.338 e. The van der Waals surface area contributed by atoms with Gasteiger partial charge in [-0.1, -0.05) is 23.7 Å². The molecule has 2 aromatic rings. The number of likely N-dealkylation sites (tertiary alicyclic amines) is 1. The SMILES string of the molecule is CNCC1CCCN(C(=O)c2ccc(CSc3ccc(Cl)cc3)cc2)C1. The number of piperidine rings is 1. The fourth-order valence-corrected chi connectivity index (χ4v) is 4.31. The van der Waals surface area contributed by atoms with Crippen LogP contribution in [-0.2, 0) is 5.75 Å². The van der Waals surface area contributed by atoms with E-state index in [-0.39, 0.29) is 5.91 Å². The van der Waals surface area contributed by atoms with Crippen molar-refractivity contribution in [1.82, 2.24) is 10.2 Å². The number of thioether (sulfide) groups is 1. The molecule has 26 heavy (non-hydrogen) atoms. The first-order valence-corrected chi connectivity index (χ1v) is 10.4. The fraction of sp³-hybridized carbons (Fsp3) is 0.381. The van der Waals surface area contributed by atoms with Crippen molar-refractivity contribution in [2.45, 2.75) is 23.5 Å². The smallest absolute Gasteiger partial charge is 0.253 e. The molecule has 0 saturated carbocycles. The summed E-state index contributed by atoms with van der Waals surface area (Å²) >= 11 is 7.69. The van der Waals surface area contributed by atoms with Crippen LogP contribution in [0, 0.1) is 5.92 Å². The lowest BCUT2D eigenvalue weighted by Crippen LogP contribution is -2.42. The van der Waals surface area contributed by atoms with Crippen molar-refractivity contribution in [3.63, 3.8) is 0 Å². The predicted molar refractivity (Wildman–Crippen MR) is 110 cm³/mol. The van der Waals surface area contributed by atoms with Gasteiger partial charge in [-0.25, -0.2) is 0 Å². The van der Waals surface area contributed by atoms with Crippen molar-refractivity contribution >= 4 is 29.3 Å². The number of halogens is 1. The predicted octanol–water partition coefficient (Wildman–Crippen LogP) is 4.70. The molecule has 2 aromatic carbocycles. The third-order valence-corrected chi connectivity index (χ3v) is 6.05. The van der Waals surface area contributed by atoms with Crippen LogP contribution in [0.2, 0.25) is 5.02 Å². The quantitative estimate of drug-likeness (QED) is 0.727. The first-order chi connectivity index (χ1) is 12.7. The number of hydrogen-bond donors (Lipinski definition) is 1. The number of rotatable bonds is 6. The van der Waals surface area contributed by atoms with Crippen molar-refractivity contribution < 1.29 is 4.79 Å². The molecular formula is C21H25ClN2OS. The molecule has 1 unspecified atom stereocenters. The van der Waals surface area contributed by atoms with Gasteiger partial charge in [-0.3, -0.25) is 4.79 Å². The molecule has 0 radical (unpaired) electrons.